The molecule has 1 unspecified atom stereocenters. The average Bonchev–Trinajstić information content (AvgIpc) is 3.24. The quantitative estimate of drug-likeness (QED) is 0.570. The van der Waals surface area contributed by atoms with E-state index in [0.29, 0.717) is 0 Å². The summed E-state index contributed by atoms with van der Waals surface area (Å²) in [6.07, 6.45) is -2.17. The van der Waals surface area contributed by atoms with Gasteiger partial charge in [-0.25, -0.2) is 4.79 Å². The molecule has 0 bridgehead atoms. The molecule has 0 aromatic heterocycles. The summed E-state index contributed by atoms with van der Waals surface area (Å²) in [5, 5.41) is 11.1. The zero-order valence-electron chi connectivity index (χ0n) is 18.3. The van der Waals surface area contributed by atoms with Crippen LogP contribution in [0.4, 0.5) is 22.4 Å². The molecule has 4 rings (SSSR count). The van der Waals surface area contributed by atoms with E-state index in [0.717, 1.165) is 22.3 Å². The topological polar surface area (TPSA) is 95.9 Å². The number of alkyl carbamates (subject to hydrolysis) is 1. The van der Waals surface area contributed by atoms with E-state index in [9.17, 15) is 31.9 Å². The van der Waals surface area contributed by atoms with Crippen molar-refractivity contribution in [1.29, 1.82) is 0 Å². The lowest BCUT2D eigenvalue weighted by Crippen LogP contribution is -2.49. The van der Waals surface area contributed by atoms with E-state index >= 15 is 0 Å². The number of aliphatic carboxylic acids is 1. The Balaban J connectivity index is 1.44. The zero-order chi connectivity index (χ0) is 25.4. The molecular weight excluding hydrogens is 472 g/mol. The number of alkyl halides is 4. The van der Waals surface area contributed by atoms with Gasteiger partial charge in [-0.3, -0.25) is 9.59 Å². The van der Waals surface area contributed by atoms with Crippen LogP contribution in [0.2, 0.25) is 0 Å². The predicted octanol–water partition coefficient (Wildman–Crippen LogP) is 3.87. The van der Waals surface area contributed by atoms with Gasteiger partial charge in [-0.2, -0.15) is 17.6 Å². The first-order valence-corrected chi connectivity index (χ1v) is 10.9. The van der Waals surface area contributed by atoms with Gasteiger partial charge in [-0.1, -0.05) is 48.5 Å². The van der Waals surface area contributed by atoms with Gasteiger partial charge in [0, 0.05) is 12.3 Å². The Morgan fingerprint density at radius 1 is 0.971 bits per heavy atom. The fourth-order valence-corrected chi connectivity index (χ4v) is 4.45. The molecule has 2 N–H and O–H groups in total. The van der Waals surface area contributed by atoms with Gasteiger partial charge < -0.3 is 20.1 Å². The van der Waals surface area contributed by atoms with E-state index in [1.165, 1.54) is 0 Å². The summed E-state index contributed by atoms with van der Waals surface area (Å²) in [7, 11) is 0. The van der Waals surface area contributed by atoms with Crippen LogP contribution in [0.5, 0.6) is 0 Å². The van der Waals surface area contributed by atoms with E-state index in [1.807, 2.05) is 48.5 Å². The Morgan fingerprint density at radius 3 is 2.00 bits per heavy atom. The Hall–Kier alpha value is -3.63. The minimum absolute atomic E-state index is 0.112. The highest BCUT2D eigenvalue weighted by Gasteiger charge is 2.64. The second-order valence-electron chi connectivity index (χ2n) is 8.56. The van der Waals surface area contributed by atoms with Crippen LogP contribution in [0.25, 0.3) is 11.1 Å². The fraction of sp³-hybridized carbons (Fsp3) is 0.375. The standard InChI is InChI=1S/C24H22F4N2O5/c25-23(26)12-30(13-24(23,27)28)21(33)19(9-10-20(31)32)29-22(34)35-11-18-16-7-3-1-5-14(16)15-6-2-4-8-17(15)18/h1-8,18-19H,9-13H2,(H,29,34)(H,31,32). The Labute approximate surface area is 197 Å². The van der Waals surface area contributed by atoms with E-state index < -0.39 is 61.8 Å². The summed E-state index contributed by atoms with van der Waals surface area (Å²) in [6, 6.07) is 13.5. The van der Waals surface area contributed by atoms with Crippen molar-refractivity contribution < 1.29 is 41.8 Å². The lowest BCUT2D eigenvalue weighted by Gasteiger charge is -2.23. The number of amides is 2. The van der Waals surface area contributed by atoms with Crippen molar-refractivity contribution in [2.24, 2.45) is 0 Å². The Morgan fingerprint density at radius 2 is 1.49 bits per heavy atom. The maximum Gasteiger partial charge on any atom is 0.407 e. The number of ether oxygens (including phenoxy) is 1. The normalized spacial score (nSPS) is 18.5. The summed E-state index contributed by atoms with van der Waals surface area (Å²) in [5.74, 6) is -11.7. The maximum atomic E-state index is 13.6. The summed E-state index contributed by atoms with van der Waals surface area (Å²) < 4.78 is 59.5. The number of carboxylic acid groups (broad SMARTS) is 1. The molecule has 1 atom stereocenters. The molecule has 0 radical (unpaired) electrons. The average molecular weight is 494 g/mol. The smallest absolute Gasteiger partial charge is 0.407 e. The van der Waals surface area contributed by atoms with Crippen LogP contribution in [-0.2, 0) is 14.3 Å². The number of carbonyl (C=O) groups excluding carboxylic acids is 2. The van der Waals surface area contributed by atoms with Crippen molar-refractivity contribution in [3.05, 3.63) is 59.7 Å². The molecule has 1 fully saturated rings. The summed E-state index contributed by atoms with van der Waals surface area (Å²) >= 11 is 0. The highest BCUT2D eigenvalue weighted by atomic mass is 19.3. The summed E-state index contributed by atoms with van der Waals surface area (Å²) in [6.45, 7) is -3.18. The number of nitrogens with one attached hydrogen (secondary N) is 1. The number of halogens is 4. The molecule has 7 nitrogen and oxygen atoms in total. The monoisotopic (exact) mass is 494 g/mol. The number of benzene rings is 2. The molecule has 0 spiro atoms. The van der Waals surface area contributed by atoms with Crippen LogP contribution in [0.3, 0.4) is 0 Å². The molecule has 186 valence electrons. The largest absolute Gasteiger partial charge is 0.481 e. The maximum absolute atomic E-state index is 13.6. The molecule has 0 saturated carbocycles. The van der Waals surface area contributed by atoms with E-state index in [1.54, 1.807) is 0 Å². The minimum Gasteiger partial charge on any atom is -0.481 e. The molecule has 2 amide bonds. The summed E-state index contributed by atoms with van der Waals surface area (Å²) in [5.41, 5.74) is 3.84. The fourth-order valence-electron chi connectivity index (χ4n) is 4.45. The van der Waals surface area contributed by atoms with Gasteiger partial charge in [0.25, 0.3) is 0 Å². The highest BCUT2D eigenvalue weighted by Crippen LogP contribution is 2.44. The molecule has 1 aliphatic heterocycles. The van der Waals surface area contributed by atoms with Crippen LogP contribution in [0.15, 0.2) is 48.5 Å². The number of carboxylic acids is 1. The predicted molar refractivity (Wildman–Crippen MR) is 115 cm³/mol. The third-order valence-electron chi connectivity index (χ3n) is 6.21. The molecule has 2 aromatic carbocycles. The number of carbonyl (C=O) groups is 3. The van der Waals surface area contributed by atoms with Gasteiger partial charge >= 0.3 is 23.9 Å². The minimum atomic E-state index is -4.43. The van der Waals surface area contributed by atoms with Crippen molar-refractivity contribution >= 4 is 18.0 Å². The third kappa shape index (κ3) is 4.80. The van der Waals surface area contributed by atoms with Gasteiger partial charge in [0.05, 0.1) is 13.1 Å². The molecule has 1 aliphatic carbocycles. The zero-order valence-corrected chi connectivity index (χ0v) is 18.3. The molecule has 11 heteroatoms. The first kappa shape index (κ1) is 24.5. The van der Waals surface area contributed by atoms with Crippen molar-refractivity contribution in [3.63, 3.8) is 0 Å². The number of likely N-dealkylation sites (tertiary alicyclic amines) is 1. The van der Waals surface area contributed by atoms with E-state index in [-0.39, 0.29) is 17.4 Å². The van der Waals surface area contributed by atoms with Gasteiger partial charge in [-0.15, -0.1) is 0 Å². The van der Waals surface area contributed by atoms with Gasteiger partial charge in [-0.05, 0) is 28.7 Å². The molecule has 2 aliphatic rings. The third-order valence-corrected chi connectivity index (χ3v) is 6.21. The molecular formula is C24H22F4N2O5. The van der Waals surface area contributed by atoms with Crippen LogP contribution in [-0.4, -0.2) is 65.6 Å². The number of fused-ring (bicyclic) bond motifs is 3. The lowest BCUT2D eigenvalue weighted by atomic mass is 9.98. The van der Waals surface area contributed by atoms with Gasteiger partial charge in [0.1, 0.15) is 12.6 Å². The number of nitrogens with zero attached hydrogens (tertiary/aromatic N) is 1. The molecule has 35 heavy (non-hydrogen) atoms. The second-order valence-corrected chi connectivity index (χ2v) is 8.56. The van der Waals surface area contributed by atoms with Gasteiger partial charge in [0.15, 0.2) is 0 Å². The SMILES string of the molecule is O=C(O)CCC(NC(=O)OCC1c2ccccc2-c2ccccc21)C(=O)N1CC(F)(F)C(F)(F)C1. The van der Waals surface area contributed by atoms with Crippen molar-refractivity contribution in [2.75, 3.05) is 19.7 Å². The second kappa shape index (κ2) is 9.20. The first-order chi connectivity index (χ1) is 16.5. The van der Waals surface area contributed by atoms with Crippen LogP contribution >= 0.6 is 0 Å². The molecule has 1 heterocycles. The number of hydrogen-bond donors (Lipinski definition) is 2. The van der Waals surface area contributed by atoms with Crippen LogP contribution in [0, 0.1) is 0 Å². The Bertz CT molecular complexity index is 1090. The summed E-state index contributed by atoms with van der Waals surface area (Å²) in [4.78, 5) is 36.4. The number of rotatable bonds is 7. The van der Waals surface area contributed by atoms with Crippen molar-refractivity contribution in [3.8, 4) is 11.1 Å². The van der Waals surface area contributed by atoms with Crippen molar-refractivity contribution in [2.45, 2.75) is 36.6 Å². The Kier molecular flexibility index (Phi) is 6.44. The molecule has 1 saturated heterocycles. The van der Waals surface area contributed by atoms with E-state index in [2.05, 4.69) is 5.32 Å². The lowest BCUT2D eigenvalue weighted by molar-refractivity contribution is -0.172. The molecule has 2 aromatic rings. The van der Waals surface area contributed by atoms with Gasteiger partial charge in [0.2, 0.25) is 5.91 Å². The van der Waals surface area contributed by atoms with Crippen LogP contribution < -0.4 is 5.32 Å². The van der Waals surface area contributed by atoms with E-state index in [4.69, 9.17) is 9.84 Å². The first-order valence-electron chi connectivity index (χ1n) is 10.9. The van der Waals surface area contributed by atoms with Crippen molar-refractivity contribution in [1.82, 2.24) is 10.2 Å². The number of hydrogen-bond acceptors (Lipinski definition) is 4. The highest BCUT2D eigenvalue weighted by molar-refractivity contribution is 5.87. The van der Waals surface area contributed by atoms with Crippen LogP contribution in [0.1, 0.15) is 29.9 Å².